The van der Waals surface area contributed by atoms with E-state index in [2.05, 4.69) is 6.58 Å². The Morgan fingerprint density at radius 1 is 1.16 bits per heavy atom. The van der Waals surface area contributed by atoms with Crippen molar-refractivity contribution >= 4 is 18.0 Å². The maximum atomic E-state index is 10.1. The zero-order valence-electron chi connectivity index (χ0n) is 10.7. The summed E-state index contributed by atoms with van der Waals surface area (Å²) in [6, 6.07) is 9.70. The summed E-state index contributed by atoms with van der Waals surface area (Å²) in [6.45, 7) is 2.90. The van der Waals surface area contributed by atoms with Gasteiger partial charge in [0.2, 0.25) is 0 Å². The summed E-state index contributed by atoms with van der Waals surface area (Å²) in [7, 11) is 0. The first-order valence-corrected chi connectivity index (χ1v) is 5.02. The number of allylic oxidation sites excluding steroid dienone is 2. The first kappa shape index (κ1) is 19.7. The average Bonchev–Trinajstić information content (AvgIpc) is 2.36. The molecule has 0 unspecified atom stereocenters. The molecule has 1 N–H and O–H groups in total. The van der Waals surface area contributed by atoms with Crippen LogP contribution in [0.1, 0.15) is 5.56 Å². The van der Waals surface area contributed by atoms with E-state index in [1.807, 2.05) is 36.4 Å². The van der Waals surface area contributed by atoms with Gasteiger partial charge in [0.1, 0.15) is 0 Å². The summed E-state index contributed by atoms with van der Waals surface area (Å²) in [5.41, 5.74) is 1.05. The van der Waals surface area contributed by atoms with E-state index < -0.39 is 11.9 Å². The minimum atomic E-state index is -1.23. The van der Waals surface area contributed by atoms with Gasteiger partial charge in [-0.25, -0.2) is 4.79 Å². The molecule has 1 rings (SSSR count). The zero-order chi connectivity index (χ0) is 13.8. The molecule has 4 nitrogen and oxygen atoms in total. The quantitative estimate of drug-likeness (QED) is 0.400. The van der Waals surface area contributed by atoms with Gasteiger partial charge in [0, 0.05) is 6.08 Å². The van der Waals surface area contributed by atoms with Gasteiger partial charge in [-0.15, -0.1) is 0 Å². The molecule has 0 spiro atoms. The number of aliphatic carboxylic acids is 2. The largest absolute Gasteiger partial charge is 1.00 e. The van der Waals surface area contributed by atoms with Gasteiger partial charge in [-0.05, 0) is 11.6 Å². The predicted octanol–water partition coefficient (Wildman–Crippen LogP) is -1.73. The van der Waals surface area contributed by atoms with Crippen molar-refractivity contribution < 1.29 is 49.4 Å². The van der Waals surface area contributed by atoms with Gasteiger partial charge in [0.05, 0.1) is 5.97 Å². The number of carbonyl (C=O) groups excluding carboxylic acids is 1. The molecule has 0 aromatic heterocycles. The third-order valence-electron chi connectivity index (χ3n) is 1.60. The van der Waals surface area contributed by atoms with E-state index in [0.29, 0.717) is 0 Å². The number of carboxylic acids is 2. The van der Waals surface area contributed by atoms with Crippen LogP contribution in [0, 0.1) is 0 Å². The van der Waals surface area contributed by atoms with E-state index in [1.54, 1.807) is 6.08 Å². The van der Waals surface area contributed by atoms with Crippen LogP contribution in [-0.4, -0.2) is 17.0 Å². The Balaban J connectivity index is 0. The average molecular weight is 268 g/mol. The van der Waals surface area contributed by atoms with Crippen LogP contribution in [0.5, 0.6) is 0 Å². The predicted molar refractivity (Wildman–Crippen MR) is 67.5 cm³/mol. The third kappa shape index (κ3) is 14.3. The standard InChI is InChI=1S/C11H10O2.C3H4O2.Na/c12-11(13)9-5-4-8-10-6-2-1-3-7-10;1-2-3(4)5;/h1-9H,(H,12,13);2H,1H2,(H,4,5);/q;;+1/p-1. The molecule has 0 aliphatic rings. The van der Waals surface area contributed by atoms with Crippen LogP contribution in [0.4, 0.5) is 0 Å². The molecule has 0 radical (unpaired) electrons. The van der Waals surface area contributed by atoms with Crippen LogP contribution in [-0.2, 0) is 9.59 Å². The maximum Gasteiger partial charge on any atom is 1.00 e. The number of rotatable bonds is 4. The molecule has 0 bridgehead atoms. The molecule has 1 aromatic carbocycles. The van der Waals surface area contributed by atoms with Crippen LogP contribution >= 0.6 is 0 Å². The molecule has 1 aromatic rings. The Morgan fingerprint density at radius 2 is 1.68 bits per heavy atom. The Labute approximate surface area is 134 Å². The molecular formula is C14H13NaO4. The van der Waals surface area contributed by atoms with Crippen LogP contribution in [0.15, 0.2) is 61.2 Å². The topological polar surface area (TPSA) is 77.4 Å². The zero-order valence-corrected chi connectivity index (χ0v) is 12.7. The second-order valence-electron chi connectivity index (χ2n) is 2.99. The van der Waals surface area contributed by atoms with E-state index in [0.717, 1.165) is 17.7 Å². The second-order valence-corrected chi connectivity index (χ2v) is 2.99. The first-order valence-electron chi connectivity index (χ1n) is 5.02. The Morgan fingerprint density at radius 3 is 2.11 bits per heavy atom. The molecule has 0 aliphatic heterocycles. The summed E-state index contributed by atoms with van der Waals surface area (Å²) in [5.74, 6) is -2.16. The molecule has 0 saturated heterocycles. The number of carboxylic acid groups (broad SMARTS) is 2. The SMILES string of the molecule is C=CC(=O)[O-].O=C(O)C=CC=Cc1ccccc1.[Na+]. The van der Waals surface area contributed by atoms with Crippen molar-refractivity contribution in [2.75, 3.05) is 0 Å². The van der Waals surface area contributed by atoms with Gasteiger partial charge in [0.15, 0.2) is 0 Å². The van der Waals surface area contributed by atoms with Crippen LogP contribution < -0.4 is 34.7 Å². The molecule has 0 atom stereocenters. The molecule has 0 amide bonds. The summed E-state index contributed by atoms with van der Waals surface area (Å²) in [6.07, 6.45) is 6.86. The fourth-order valence-corrected chi connectivity index (χ4v) is 0.869. The van der Waals surface area contributed by atoms with E-state index in [4.69, 9.17) is 15.0 Å². The van der Waals surface area contributed by atoms with Gasteiger partial charge >= 0.3 is 35.5 Å². The van der Waals surface area contributed by atoms with Crippen molar-refractivity contribution in [2.45, 2.75) is 0 Å². The van der Waals surface area contributed by atoms with Gasteiger partial charge in [-0.3, -0.25) is 0 Å². The van der Waals surface area contributed by atoms with Gasteiger partial charge in [-0.1, -0.05) is 55.1 Å². The molecule has 19 heavy (non-hydrogen) atoms. The normalized spacial score (nSPS) is 9.26. The molecule has 0 aliphatic carbocycles. The smallest absolute Gasteiger partial charge is 0.545 e. The number of hydrogen-bond donors (Lipinski definition) is 1. The van der Waals surface area contributed by atoms with Crippen LogP contribution in [0.3, 0.4) is 0 Å². The van der Waals surface area contributed by atoms with E-state index in [-0.39, 0.29) is 29.6 Å². The Hall–Kier alpha value is -1.62. The van der Waals surface area contributed by atoms with Crippen molar-refractivity contribution in [3.05, 3.63) is 66.8 Å². The molecule has 5 heteroatoms. The minimum Gasteiger partial charge on any atom is -0.545 e. The summed E-state index contributed by atoms with van der Waals surface area (Å²) < 4.78 is 0. The molecule has 0 saturated carbocycles. The Bertz CT molecular complexity index is 450. The van der Waals surface area contributed by atoms with Crippen molar-refractivity contribution in [2.24, 2.45) is 0 Å². The van der Waals surface area contributed by atoms with Gasteiger partial charge < -0.3 is 15.0 Å². The van der Waals surface area contributed by atoms with Crippen molar-refractivity contribution in [3.63, 3.8) is 0 Å². The molecule has 94 valence electrons. The minimum absolute atomic E-state index is 0. The van der Waals surface area contributed by atoms with Crippen molar-refractivity contribution in [1.29, 1.82) is 0 Å². The molecule has 0 heterocycles. The van der Waals surface area contributed by atoms with Gasteiger partial charge in [-0.2, -0.15) is 0 Å². The van der Waals surface area contributed by atoms with Gasteiger partial charge in [0.25, 0.3) is 0 Å². The van der Waals surface area contributed by atoms with E-state index in [9.17, 15) is 4.79 Å². The van der Waals surface area contributed by atoms with E-state index >= 15 is 0 Å². The van der Waals surface area contributed by atoms with E-state index in [1.165, 1.54) is 6.08 Å². The summed E-state index contributed by atoms with van der Waals surface area (Å²) in [5, 5.41) is 17.4. The molecule has 0 fully saturated rings. The van der Waals surface area contributed by atoms with Crippen molar-refractivity contribution in [1.82, 2.24) is 0 Å². The molecular weight excluding hydrogens is 255 g/mol. The maximum absolute atomic E-state index is 10.1. The summed E-state index contributed by atoms with van der Waals surface area (Å²) >= 11 is 0. The summed E-state index contributed by atoms with van der Waals surface area (Å²) in [4.78, 5) is 19.2. The number of benzene rings is 1. The number of hydrogen-bond acceptors (Lipinski definition) is 3. The van der Waals surface area contributed by atoms with Crippen LogP contribution in [0.2, 0.25) is 0 Å². The fraction of sp³-hybridized carbons (Fsp3) is 0. The third-order valence-corrected chi connectivity index (χ3v) is 1.60. The first-order chi connectivity index (χ1) is 8.56. The second kappa shape index (κ2) is 12.8. The Kier molecular flexibility index (Phi) is 13.3. The van der Waals surface area contributed by atoms with Crippen LogP contribution in [0.25, 0.3) is 6.08 Å². The van der Waals surface area contributed by atoms with Crippen molar-refractivity contribution in [3.8, 4) is 0 Å². The number of carbonyl (C=O) groups is 2. The fourth-order valence-electron chi connectivity index (χ4n) is 0.869. The monoisotopic (exact) mass is 268 g/mol.